The molecule has 0 saturated heterocycles. The van der Waals surface area contributed by atoms with Gasteiger partial charge in [0.25, 0.3) is 5.69 Å². The molecule has 0 aliphatic carbocycles. The molecule has 2 N–H and O–H groups in total. The third kappa shape index (κ3) is 2.55. The Morgan fingerprint density at radius 2 is 2.10 bits per heavy atom. The molecule has 3 aromatic rings. The van der Waals surface area contributed by atoms with Crippen LogP contribution in [0.3, 0.4) is 0 Å². The van der Waals surface area contributed by atoms with Crippen LogP contribution in [0.25, 0.3) is 10.9 Å². The van der Waals surface area contributed by atoms with Crippen LogP contribution in [0.15, 0.2) is 48.7 Å². The van der Waals surface area contributed by atoms with Crippen molar-refractivity contribution >= 4 is 22.3 Å². The average molecular weight is 282 g/mol. The fourth-order valence-electron chi connectivity index (χ4n) is 2.32. The van der Waals surface area contributed by atoms with Gasteiger partial charge in [-0.3, -0.25) is 15.2 Å². The van der Waals surface area contributed by atoms with Crippen LogP contribution >= 0.6 is 0 Å². The van der Waals surface area contributed by atoms with E-state index in [1.807, 2.05) is 31.2 Å². The molecule has 106 valence electrons. The zero-order valence-electron chi connectivity index (χ0n) is 11.4. The van der Waals surface area contributed by atoms with Crippen molar-refractivity contribution in [1.82, 2.24) is 10.2 Å². The van der Waals surface area contributed by atoms with Crippen molar-refractivity contribution < 1.29 is 4.92 Å². The molecule has 0 aliphatic heterocycles. The number of fused-ring (bicyclic) bond motifs is 1. The summed E-state index contributed by atoms with van der Waals surface area (Å²) in [6.45, 7) is 1.97. The van der Waals surface area contributed by atoms with Crippen molar-refractivity contribution in [3.63, 3.8) is 0 Å². The fourth-order valence-corrected chi connectivity index (χ4v) is 2.32. The van der Waals surface area contributed by atoms with Gasteiger partial charge in [0.05, 0.1) is 16.6 Å². The minimum atomic E-state index is -0.382. The highest BCUT2D eigenvalue weighted by Crippen LogP contribution is 2.27. The molecular formula is C15H14N4O2. The van der Waals surface area contributed by atoms with Crippen LogP contribution in [0.5, 0.6) is 0 Å². The van der Waals surface area contributed by atoms with E-state index in [0.717, 1.165) is 22.2 Å². The summed E-state index contributed by atoms with van der Waals surface area (Å²) in [4.78, 5) is 10.5. The summed E-state index contributed by atoms with van der Waals surface area (Å²) in [7, 11) is 0. The van der Waals surface area contributed by atoms with E-state index in [1.54, 1.807) is 18.3 Å². The molecule has 6 nitrogen and oxygen atoms in total. The van der Waals surface area contributed by atoms with E-state index in [4.69, 9.17) is 0 Å². The summed E-state index contributed by atoms with van der Waals surface area (Å²) in [6.07, 6.45) is 1.76. The smallest absolute Gasteiger partial charge is 0.269 e. The van der Waals surface area contributed by atoms with Gasteiger partial charge in [0, 0.05) is 29.2 Å². The number of aromatic nitrogens is 2. The quantitative estimate of drug-likeness (QED) is 0.565. The highest BCUT2D eigenvalue weighted by molar-refractivity contribution is 5.90. The lowest BCUT2D eigenvalue weighted by atomic mass is 10.1. The predicted molar refractivity (Wildman–Crippen MR) is 81.2 cm³/mol. The van der Waals surface area contributed by atoms with E-state index >= 15 is 0 Å². The van der Waals surface area contributed by atoms with Crippen LogP contribution in [0.4, 0.5) is 11.4 Å². The predicted octanol–water partition coefficient (Wildman–Crippen LogP) is 3.64. The zero-order valence-corrected chi connectivity index (χ0v) is 11.4. The number of non-ortho nitro benzene ring substituents is 1. The molecule has 0 bridgehead atoms. The van der Waals surface area contributed by atoms with Gasteiger partial charge in [-0.15, -0.1) is 0 Å². The van der Waals surface area contributed by atoms with Crippen LogP contribution in [0.2, 0.25) is 0 Å². The zero-order chi connectivity index (χ0) is 14.8. The summed E-state index contributed by atoms with van der Waals surface area (Å²) in [5.74, 6) is 0. The van der Waals surface area contributed by atoms with Crippen molar-refractivity contribution in [1.29, 1.82) is 0 Å². The van der Waals surface area contributed by atoms with Crippen molar-refractivity contribution in [2.45, 2.75) is 13.0 Å². The molecule has 0 saturated carbocycles. The molecule has 6 heteroatoms. The fraction of sp³-hybridized carbons (Fsp3) is 0.133. The molecule has 0 fully saturated rings. The second kappa shape index (κ2) is 5.24. The number of nitro benzene ring substituents is 1. The van der Waals surface area contributed by atoms with Crippen LogP contribution < -0.4 is 5.32 Å². The number of nitrogens with one attached hydrogen (secondary N) is 2. The number of nitrogens with zero attached hydrogens (tertiary/aromatic N) is 2. The third-order valence-corrected chi connectivity index (χ3v) is 3.44. The summed E-state index contributed by atoms with van der Waals surface area (Å²) >= 11 is 0. The molecule has 1 unspecified atom stereocenters. The number of rotatable bonds is 4. The van der Waals surface area contributed by atoms with E-state index in [0.29, 0.717) is 0 Å². The minimum Gasteiger partial charge on any atom is -0.378 e. The van der Waals surface area contributed by atoms with Crippen LogP contribution in [-0.4, -0.2) is 15.1 Å². The van der Waals surface area contributed by atoms with Gasteiger partial charge in [-0.25, -0.2) is 0 Å². The first-order valence-electron chi connectivity index (χ1n) is 6.58. The number of H-pyrrole nitrogens is 1. The summed E-state index contributed by atoms with van der Waals surface area (Å²) in [6, 6.07) is 12.5. The lowest BCUT2D eigenvalue weighted by Gasteiger charge is -2.16. The lowest BCUT2D eigenvalue weighted by molar-refractivity contribution is -0.384. The summed E-state index contributed by atoms with van der Waals surface area (Å²) in [5.41, 5.74) is 2.86. The normalized spacial score (nSPS) is 12.2. The maximum Gasteiger partial charge on any atom is 0.269 e. The Hall–Kier alpha value is -2.89. The van der Waals surface area contributed by atoms with Crippen molar-refractivity contribution in [2.75, 3.05) is 5.32 Å². The second-order valence-corrected chi connectivity index (χ2v) is 4.85. The van der Waals surface area contributed by atoms with Crippen LogP contribution in [-0.2, 0) is 0 Å². The van der Waals surface area contributed by atoms with Crippen molar-refractivity contribution in [3.8, 4) is 0 Å². The first-order valence-corrected chi connectivity index (χ1v) is 6.58. The Bertz CT molecular complexity index is 797. The van der Waals surface area contributed by atoms with Gasteiger partial charge in [0.15, 0.2) is 0 Å². The molecule has 0 radical (unpaired) electrons. The lowest BCUT2D eigenvalue weighted by Crippen LogP contribution is -2.07. The number of hydrogen-bond acceptors (Lipinski definition) is 4. The Labute approximate surface area is 121 Å². The topological polar surface area (TPSA) is 83.8 Å². The van der Waals surface area contributed by atoms with E-state index in [2.05, 4.69) is 15.5 Å². The molecule has 0 spiro atoms. The third-order valence-electron chi connectivity index (χ3n) is 3.44. The summed E-state index contributed by atoms with van der Waals surface area (Å²) < 4.78 is 0. The Morgan fingerprint density at radius 3 is 2.90 bits per heavy atom. The molecule has 0 amide bonds. The number of benzene rings is 2. The molecule has 1 aromatic heterocycles. The first kappa shape index (κ1) is 13.1. The van der Waals surface area contributed by atoms with Gasteiger partial charge in [-0.05, 0) is 24.6 Å². The number of nitro groups is 1. The molecule has 0 aliphatic rings. The Morgan fingerprint density at radius 1 is 1.29 bits per heavy atom. The molecular weight excluding hydrogens is 268 g/mol. The molecule has 1 atom stereocenters. The molecule has 2 aromatic carbocycles. The highest BCUT2D eigenvalue weighted by atomic mass is 16.6. The van der Waals surface area contributed by atoms with Gasteiger partial charge in [0.1, 0.15) is 0 Å². The summed E-state index contributed by atoms with van der Waals surface area (Å²) in [5, 5.41) is 22.2. The van der Waals surface area contributed by atoms with E-state index in [-0.39, 0.29) is 16.7 Å². The van der Waals surface area contributed by atoms with Crippen molar-refractivity contribution in [3.05, 3.63) is 64.3 Å². The maximum atomic E-state index is 10.8. The molecule has 21 heavy (non-hydrogen) atoms. The molecule has 3 rings (SSSR count). The highest BCUT2D eigenvalue weighted by Gasteiger charge is 2.12. The van der Waals surface area contributed by atoms with Gasteiger partial charge < -0.3 is 5.32 Å². The van der Waals surface area contributed by atoms with E-state index in [1.165, 1.54) is 6.07 Å². The van der Waals surface area contributed by atoms with E-state index < -0.39 is 0 Å². The standard InChI is InChI=1S/C15H14N4O2/c1-10(11-4-2-5-12(8-11)19(20)21)17-14-6-3-7-15-13(14)9-16-18-15/h2-10,17H,1H3,(H,16,18). The molecule has 1 heterocycles. The van der Waals surface area contributed by atoms with E-state index in [9.17, 15) is 10.1 Å². The van der Waals surface area contributed by atoms with Gasteiger partial charge in [-0.1, -0.05) is 18.2 Å². The minimum absolute atomic E-state index is 0.0506. The Balaban J connectivity index is 1.89. The largest absolute Gasteiger partial charge is 0.378 e. The second-order valence-electron chi connectivity index (χ2n) is 4.85. The van der Waals surface area contributed by atoms with Crippen molar-refractivity contribution in [2.24, 2.45) is 0 Å². The first-order chi connectivity index (χ1) is 10.1. The van der Waals surface area contributed by atoms with Gasteiger partial charge >= 0.3 is 0 Å². The maximum absolute atomic E-state index is 10.8. The average Bonchev–Trinajstić information content (AvgIpc) is 2.97. The van der Waals surface area contributed by atoms with Crippen LogP contribution in [0.1, 0.15) is 18.5 Å². The number of hydrogen-bond donors (Lipinski definition) is 2. The van der Waals surface area contributed by atoms with Gasteiger partial charge in [0.2, 0.25) is 0 Å². The monoisotopic (exact) mass is 282 g/mol. The number of aromatic amines is 1. The SMILES string of the molecule is CC(Nc1cccc2[nH]ncc12)c1cccc([N+](=O)[O-])c1. The number of anilines is 1. The van der Waals surface area contributed by atoms with Gasteiger partial charge in [-0.2, -0.15) is 5.10 Å². The van der Waals surface area contributed by atoms with Crippen LogP contribution in [0, 0.1) is 10.1 Å². The Kier molecular flexibility index (Phi) is 3.27.